The zero-order chi connectivity index (χ0) is 23.2. The lowest BCUT2D eigenvalue weighted by Crippen LogP contribution is -2.23. The molecule has 0 saturated heterocycles. The van der Waals surface area contributed by atoms with Gasteiger partial charge >= 0.3 is 0 Å². The van der Waals surface area contributed by atoms with Crippen LogP contribution in [0.5, 0.6) is 5.75 Å². The van der Waals surface area contributed by atoms with E-state index in [1.165, 1.54) is 0 Å². The van der Waals surface area contributed by atoms with Crippen LogP contribution in [0, 0.1) is 6.92 Å². The number of halogens is 1. The Kier molecular flexibility index (Phi) is 6.86. The van der Waals surface area contributed by atoms with Crippen molar-refractivity contribution in [1.82, 2.24) is 9.97 Å². The van der Waals surface area contributed by atoms with Gasteiger partial charge in [0.2, 0.25) is 11.9 Å². The fourth-order valence-corrected chi connectivity index (χ4v) is 3.33. The summed E-state index contributed by atoms with van der Waals surface area (Å²) in [5, 5.41) is 6.50. The molecule has 1 aromatic heterocycles. The van der Waals surface area contributed by atoms with E-state index in [1.54, 1.807) is 19.2 Å². The lowest BCUT2D eigenvalue weighted by Gasteiger charge is -2.11. The molecule has 0 spiro atoms. The summed E-state index contributed by atoms with van der Waals surface area (Å²) in [7, 11) is 1.63. The van der Waals surface area contributed by atoms with Crippen LogP contribution in [-0.2, 0) is 4.79 Å². The molecule has 7 heteroatoms. The summed E-state index contributed by atoms with van der Waals surface area (Å²) in [5.41, 5.74) is 5.20. The summed E-state index contributed by atoms with van der Waals surface area (Å²) in [4.78, 5) is 21.7. The Bertz CT molecular complexity index is 1240. The van der Waals surface area contributed by atoms with E-state index in [1.807, 2.05) is 73.7 Å². The summed E-state index contributed by atoms with van der Waals surface area (Å²) in [5.74, 6) is 0.738. The van der Waals surface area contributed by atoms with Crippen molar-refractivity contribution < 1.29 is 9.53 Å². The largest absolute Gasteiger partial charge is 0.497 e. The van der Waals surface area contributed by atoms with Crippen molar-refractivity contribution >= 4 is 29.1 Å². The zero-order valence-corrected chi connectivity index (χ0v) is 19.1. The van der Waals surface area contributed by atoms with Crippen molar-refractivity contribution in [2.45, 2.75) is 6.92 Å². The number of ether oxygens (including phenoxy) is 1. The standard InChI is InChI=1S/C26H23ClN4O2/c1-17-3-5-18(6-4-17)23-15-24(19-7-13-22(33-2)14-8-19)30-26(29-23)31-25(32)16-28-21-11-9-20(27)10-12-21/h3-15,28H,16H2,1-2H3,(H,29,30,31,32). The van der Waals surface area contributed by atoms with Crippen LogP contribution < -0.4 is 15.4 Å². The van der Waals surface area contributed by atoms with Crippen LogP contribution in [0.3, 0.4) is 0 Å². The second-order valence-electron chi connectivity index (χ2n) is 7.47. The van der Waals surface area contributed by atoms with Gasteiger partial charge in [0, 0.05) is 21.8 Å². The summed E-state index contributed by atoms with van der Waals surface area (Å²) < 4.78 is 5.25. The van der Waals surface area contributed by atoms with Gasteiger partial charge in [-0.1, -0.05) is 41.4 Å². The Labute approximate surface area is 197 Å². The quantitative estimate of drug-likeness (QED) is 0.364. The molecule has 0 atom stereocenters. The minimum absolute atomic E-state index is 0.0671. The Hall–Kier alpha value is -3.90. The lowest BCUT2D eigenvalue weighted by atomic mass is 10.1. The van der Waals surface area contributed by atoms with Crippen LogP contribution in [0.25, 0.3) is 22.5 Å². The van der Waals surface area contributed by atoms with E-state index >= 15 is 0 Å². The molecule has 0 bridgehead atoms. The van der Waals surface area contributed by atoms with Gasteiger partial charge in [-0.05, 0) is 61.5 Å². The molecule has 0 unspecified atom stereocenters. The number of amides is 1. The fourth-order valence-electron chi connectivity index (χ4n) is 3.20. The van der Waals surface area contributed by atoms with E-state index in [0.717, 1.165) is 33.8 Å². The van der Waals surface area contributed by atoms with Gasteiger partial charge in [-0.25, -0.2) is 9.97 Å². The van der Waals surface area contributed by atoms with Crippen molar-refractivity contribution in [3.63, 3.8) is 0 Å². The van der Waals surface area contributed by atoms with E-state index in [9.17, 15) is 4.79 Å². The highest BCUT2D eigenvalue weighted by molar-refractivity contribution is 6.30. The van der Waals surface area contributed by atoms with Gasteiger partial charge in [0.1, 0.15) is 5.75 Å². The van der Waals surface area contributed by atoms with Crippen LogP contribution in [0.15, 0.2) is 78.9 Å². The Morgan fingerprint density at radius 3 is 2.03 bits per heavy atom. The van der Waals surface area contributed by atoms with E-state index < -0.39 is 0 Å². The molecule has 166 valence electrons. The first kappa shape index (κ1) is 22.3. The number of carbonyl (C=O) groups is 1. The fraction of sp³-hybridized carbons (Fsp3) is 0.115. The number of methoxy groups -OCH3 is 1. The predicted molar refractivity (Wildman–Crippen MR) is 133 cm³/mol. The number of carbonyl (C=O) groups excluding carboxylic acids is 1. The average molecular weight is 459 g/mol. The predicted octanol–water partition coefficient (Wildman–Crippen LogP) is 5.83. The third kappa shape index (κ3) is 5.87. The molecule has 0 radical (unpaired) electrons. The SMILES string of the molecule is COc1ccc(-c2cc(-c3ccc(C)cc3)nc(NC(=O)CNc3ccc(Cl)cc3)n2)cc1. The molecule has 4 aromatic rings. The van der Waals surface area contributed by atoms with E-state index in [2.05, 4.69) is 20.6 Å². The van der Waals surface area contributed by atoms with Gasteiger partial charge in [0.05, 0.1) is 25.0 Å². The molecule has 4 rings (SSSR count). The first-order valence-electron chi connectivity index (χ1n) is 10.4. The van der Waals surface area contributed by atoms with Crippen LogP contribution in [0.4, 0.5) is 11.6 Å². The molecule has 0 aliphatic rings. The third-order valence-corrected chi connectivity index (χ3v) is 5.26. The maximum atomic E-state index is 12.6. The Morgan fingerprint density at radius 2 is 1.45 bits per heavy atom. The second-order valence-corrected chi connectivity index (χ2v) is 7.90. The van der Waals surface area contributed by atoms with E-state index in [4.69, 9.17) is 16.3 Å². The summed E-state index contributed by atoms with van der Waals surface area (Å²) in [6.45, 7) is 2.10. The normalized spacial score (nSPS) is 10.5. The Balaban J connectivity index is 1.59. The molecule has 0 fully saturated rings. The first-order chi connectivity index (χ1) is 16.0. The van der Waals surface area contributed by atoms with Crippen LogP contribution in [0.1, 0.15) is 5.56 Å². The number of aryl methyl sites for hydroxylation is 1. The molecule has 6 nitrogen and oxygen atoms in total. The molecular weight excluding hydrogens is 436 g/mol. The minimum atomic E-state index is -0.258. The monoisotopic (exact) mass is 458 g/mol. The van der Waals surface area contributed by atoms with Gasteiger partial charge in [-0.3, -0.25) is 10.1 Å². The molecule has 33 heavy (non-hydrogen) atoms. The lowest BCUT2D eigenvalue weighted by molar-refractivity contribution is -0.114. The van der Waals surface area contributed by atoms with Crippen LogP contribution in [0.2, 0.25) is 5.02 Å². The summed E-state index contributed by atoms with van der Waals surface area (Å²) >= 11 is 5.91. The molecule has 2 N–H and O–H groups in total. The summed E-state index contributed by atoms with van der Waals surface area (Å²) in [6, 6.07) is 24.7. The van der Waals surface area contributed by atoms with Crippen molar-refractivity contribution in [3.8, 4) is 28.3 Å². The molecule has 0 aliphatic carbocycles. The second kappa shape index (κ2) is 10.1. The third-order valence-electron chi connectivity index (χ3n) is 5.01. The maximum Gasteiger partial charge on any atom is 0.246 e. The molecule has 0 saturated carbocycles. The van der Waals surface area contributed by atoms with Crippen molar-refractivity contribution in [2.75, 3.05) is 24.3 Å². The molecule has 3 aromatic carbocycles. The number of hydrogen-bond acceptors (Lipinski definition) is 5. The molecule has 1 heterocycles. The highest BCUT2D eigenvalue weighted by Gasteiger charge is 2.12. The number of benzene rings is 3. The van der Waals surface area contributed by atoms with Crippen molar-refractivity contribution in [2.24, 2.45) is 0 Å². The maximum absolute atomic E-state index is 12.6. The first-order valence-corrected chi connectivity index (χ1v) is 10.8. The summed E-state index contributed by atoms with van der Waals surface area (Å²) in [6.07, 6.45) is 0. The van der Waals surface area contributed by atoms with E-state index in [0.29, 0.717) is 10.7 Å². The molecule has 1 amide bonds. The number of nitrogens with zero attached hydrogens (tertiary/aromatic N) is 2. The van der Waals surface area contributed by atoms with Gasteiger partial charge in [-0.15, -0.1) is 0 Å². The van der Waals surface area contributed by atoms with Crippen LogP contribution >= 0.6 is 11.6 Å². The topological polar surface area (TPSA) is 76.1 Å². The van der Waals surface area contributed by atoms with Crippen LogP contribution in [-0.4, -0.2) is 29.5 Å². The molecule has 0 aliphatic heterocycles. The van der Waals surface area contributed by atoms with Crippen molar-refractivity contribution in [3.05, 3.63) is 89.4 Å². The van der Waals surface area contributed by atoms with Gasteiger partial charge in [0.15, 0.2) is 0 Å². The minimum Gasteiger partial charge on any atom is -0.497 e. The smallest absolute Gasteiger partial charge is 0.246 e. The highest BCUT2D eigenvalue weighted by Crippen LogP contribution is 2.27. The van der Waals surface area contributed by atoms with Gasteiger partial charge < -0.3 is 10.1 Å². The van der Waals surface area contributed by atoms with Gasteiger partial charge in [0.25, 0.3) is 0 Å². The van der Waals surface area contributed by atoms with E-state index in [-0.39, 0.29) is 18.4 Å². The number of rotatable bonds is 7. The highest BCUT2D eigenvalue weighted by atomic mass is 35.5. The number of hydrogen-bond donors (Lipinski definition) is 2. The zero-order valence-electron chi connectivity index (χ0n) is 18.3. The Morgan fingerprint density at radius 1 is 0.879 bits per heavy atom. The number of anilines is 2. The molecular formula is C26H23ClN4O2. The average Bonchev–Trinajstić information content (AvgIpc) is 2.84. The van der Waals surface area contributed by atoms with Crippen molar-refractivity contribution in [1.29, 1.82) is 0 Å². The number of aromatic nitrogens is 2. The van der Waals surface area contributed by atoms with Gasteiger partial charge in [-0.2, -0.15) is 0 Å². The number of nitrogens with one attached hydrogen (secondary N) is 2.